The van der Waals surface area contributed by atoms with Crippen LogP contribution < -0.4 is 4.80 Å². The number of esters is 1. The van der Waals surface area contributed by atoms with Gasteiger partial charge in [0.15, 0.2) is 0 Å². The second kappa shape index (κ2) is 8.26. The quantitative estimate of drug-likeness (QED) is 0.572. The van der Waals surface area contributed by atoms with E-state index in [1.807, 2.05) is 6.92 Å². The maximum Gasteiger partial charge on any atom is 0.337 e. The fourth-order valence-corrected chi connectivity index (χ4v) is 4.95. The average molecular weight is 421 g/mol. The first kappa shape index (κ1) is 20.2. The van der Waals surface area contributed by atoms with E-state index in [9.17, 15) is 13.2 Å². The molecule has 148 valence electrons. The van der Waals surface area contributed by atoms with Crippen molar-refractivity contribution < 1.29 is 22.7 Å². The van der Waals surface area contributed by atoms with E-state index in [4.69, 9.17) is 9.47 Å². The number of thiazole rings is 1. The summed E-state index contributed by atoms with van der Waals surface area (Å²) >= 11 is 1.19. The van der Waals surface area contributed by atoms with Crippen LogP contribution in [0.4, 0.5) is 0 Å². The Bertz CT molecular complexity index is 1180. The maximum absolute atomic E-state index is 12.8. The van der Waals surface area contributed by atoms with Crippen molar-refractivity contribution in [3.8, 4) is 0 Å². The largest absolute Gasteiger partial charge is 0.465 e. The molecule has 0 bridgehead atoms. The fourth-order valence-electron chi connectivity index (χ4n) is 2.65. The highest BCUT2D eigenvalue weighted by molar-refractivity contribution is 7.90. The van der Waals surface area contributed by atoms with Gasteiger partial charge in [0.05, 0.1) is 34.4 Å². The molecule has 0 unspecified atom stereocenters. The number of ether oxygens (including phenoxy) is 2. The van der Waals surface area contributed by atoms with E-state index in [2.05, 4.69) is 4.40 Å². The number of benzene rings is 2. The Morgan fingerprint density at radius 2 is 1.86 bits per heavy atom. The summed E-state index contributed by atoms with van der Waals surface area (Å²) in [4.78, 5) is 12.2. The molecule has 2 aromatic carbocycles. The molecule has 9 heteroatoms. The lowest BCUT2D eigenvalue weighted by atomic mass is 10.2. The Labute approximate surface area is 166 Å². The van der Waals surface area contributed by atoms with Gasteiger partial charge in [-0.2, -0.15) is 8.42 Å². The molecule has 0 saturated heterocycles. The molecule has 0 aliphatic heterocycles. The van der Waals surface area contributed by atoms with Gasteiger partial charge in [-0.3, -0.25) is 0 Å². The van der Waals surface area contributed by atoms with Crippen molar-refractivity contribution in [3.05, 3.63) is 58.4 Å². The van der Waals surface area contributed by atoms with Crippen LogP contribution in [0.15, 0.2) is 51.8 Å². The summed E-state index contributed by atoms with van der Waals surface area (Å²) in [7, 11) is -0.986. The van der Waals surface area contributed by atoms with Crippen LogP contribution in [-0.4, -0.2) is 39.8 Å². The molecule has 1 heterocycles. The Hall–Kier alpha value is -2.49. The number of carbonyl (C=O) groups excluding carboxylic acids is 1. The number of carbonyl (C=O) groups is 1. The Morgan fingerprint density at radius 3 is 2.50 bits per heavy atom. The minimum absolute atomic E-state index is 0.129. The highest BCUT2D eigenvalue weighted by Gasteiger charge is 2.16. The molecular weight excluding hydrogens is 400 g/mol. The number of rotatable bonds is 6. The normalized spacial score (nSPS) is 12.5. The predicted molar refractivity (Wildman–Crippen MR) is 107 cm³/mol. The van der Waals surface area contributed by atoms with Crippen molar-refractivity contribution in [2.45, 2.75) is 18.4 Å². The van der Waals surface area contributed by atoms with Crippen molar-refractivity contribution in [1.82, 2.24) is 4.57 Å². The van der Waals surface area contributed by atoms with Crippen LogP contribution in [0.1, 0.15) is 15.9 Å². The Morgan fingerprint density at radius 1 is 1.14 bits per heavy atom. The van der Waals surface area contributed by atoms with Crippen molar-refractivity contribution in [2.24, 2.45) is 4.40 Å². The first-order chi connectivity index (χ1) is 13.4. The van der Waals surface area contributed by atoms with Gasteiger partial charge >= 0.3 is 5.97 Å². The zero-order valence-corrected chi connectivity index (χ0v) is 17.3. The number of hydrogen-bond acceptors (Lipinski definition) is 6. The number of sulfonamides is 1. The lowest BCUT2D eigenvalue weighted by Crippen LogP contribution is -2.19. The van der Waals surface area contributed by atoms with Crippen molar-refractivity contribution in [3.63, 3.8) is 0 Å². The molecule has 0 atom stereocenters. The highest BCUT2D eigenvalue weighted by Crippen LogP contribution is 2.21. The van der Waals surface area contributed by atoms with E-state index in [0.717, 1.165) is 15.8 Å². The van der Waals surface area contributed by atoms with Gasteiger partial charge in [-0.1, -0.05) is 29.0 Å². The SMILES string of the molecule is COCCn1c(=NS(=O)(=O)c2ccc(C)cc2)sc2cc(C(=O)OC)ccc21. The predicted octanol–water partition coefficient (Wildman–Crippen LogP) is 2.73. The molecule has 0 aliphatic carbocycles. The van der Waals surface area contributed by atoms with Crippen LogP contribution in [-0.2, 0) is 26.0 Å². The van der Waals surface area contributed by atoms with E-state index in [-0.39, 0.29) is 4.90 Å². The van der Waals surface area contributed by atoms with E-state index in [1.54, 1.807) is 42.0 Å². The average Bonchev–Trinajstić information content (AvgIpc) is 3.01. The molecule has 0 aliphatic rings. The van der Waals surface area contributed by atoms with Crippen molar-refractivity contribution in [2.75, 3.05) is 20.8 Å². The zero-order valence-electron chi connectivity index (χ0n) is 15.7. The smallest absolute Gasteiger partial charge is 0.337 e. The van der Waals surface area contributed by atoms with Gasteiger partial charge in [0, 0.05) is 13.7 Å². The number of fused-ring (bicyclic) bond motifs is 1. The third kappa shape index (κ3) is 4.16. The van der Waals surface area contributed by atoms with Crippen molar-refractivity contribution in [1.29, 1.82) is 0 Å². The highest BCUT2D eigenvalue weighted by atomic mass is 32.2. The van der Waals surface area contributed by atoms with Gasteiger partial charge in [0.1, 0.15) is 0 Å². The molecular formula is C19H20N2O5S2. The third-order valence-corrected chi connectivity index (χ3v) is 6.58. The summed E-state index contributed by atoms with van der Waals surface area (Å²) in [5.41, 5.74) is 2.13. The minimum atomic E-state index is -3.87. The van der Waals surface area contributed by atoms with Gasteiger partial charge in [-0.05, 0) is 37.3 Å². The zero-order chi connectivity index (χ0) is 20.3. The first-order valence-corrected chi connectivity index (χ1v) is 10.7. The topological polar surface area (TPSA) is 87.0 Å². The Balaban J connectivity index is 2.18. The molecule has 0 amide bonds. The van der Waals surface area contributed by atoms with Gasteiger partial charge in [-0.15, -0.1) is 4.40 Å². The number of hydrogen-bond donors (Lipinski definition) is 0. The molecule has 0 saturated carbocycles. The van der Waals surface area contributed by atoms with Gasteiger partial charge in [0.2, 0.25) is 4.80 Å². The van der Waals surface area contributed by atoms with Crippen LogP contribution in [0.25, 0.3) is 10.2 Å². The van der Waals surface area contributed by atoms with Gasteiger partial charge in [-0.25, -0.2) is 4.79 Å². The second-order valence-corrected chi connectivity index (χ2v) is 8.70. The number of nitrogens with zero attached hydrogens (tertiary/aromatic N) is 2. The van der Waals surface area contributed by atoms with Crippen LogP contribution in [0, 0.1) is 6.92 Å². The van der Waals surface area contributed by atoms with E-state index in [1.165, 1.54) is 30.6 Å². The first-order valence-electron chi connectivity index (χ1n) is 8.44. The monoisotopic (exact) mass is 420 g/mol. The lowest BCUT2D eigenvalue weighted by Gasteiger charge is -2.05. The van der Waals surface area contributed by atoms with Crippen LogP contribution >= 0.6 is 11.3 Å². The maximum atomic E-state index is 12.8. The van der Waals surface area contributed by atoms with Crippen LogP contribution in [0.2, 0.25) is 0 Å². The fraction of sp³-hybridized carbons (Fsp3) is 0.263. The molecule has 0 fully saturated rings. The van der Waals surface area contributed by atoms with E-state index in [0.29, 0.717) is 23.5 Å². The Kier molecular flexibility index (Phi) is 5.97. The van der Waals surface area contributed by atoms with E-state index < -0.39 is 16.0 Å². The minimum Gasteiger partial charge on any atom is -0.465 e. The summed E-state index contributed by atoms with van der Waals surface area (Å²) in [6.07, 6.45) is 0. The van der Waals surface area contributed by atoms with Gasteiger partial charge < -0.3 is 14.0 Å². The number of aryl methyl sites for hydroxylation is 1. The summed E-state index contributed by atoms with van der Waals surface area (Å²) < 4.78 is 42.0. The molecule has 7 nitrogen and oxygen atoms in total. The molecule has 3 aromatic rings. The molecule has 1 aromatic heterocycles. The lowest BCUT2D eigenvalue weighted by molar-refractivity contribution is 0.0601. The van der Waals surface area contributed by atoms with Gasteiger partial charge in [0.25, 0.3) is 10.0 Å². The second-order valence-electron chi connectivity index (χ2n) is 6.08. The van der Waals surface area contributed by atoms with Crippen LogP contribution in [0.3, 0.4) is 0 Å². The van der Waals surface area contributed by atoms with Crippen molar-refractivity contribution >= 4 is 37.5 Å². The summed E-state index contributed by atoms with van der Waals surface area (Å²) in [6.45, 7) is 2.70. The molecule has 28 heavy (non-hydrogen) atoms. The molecule has 0 N–H and O–H groups in total. The molecule has 0 radical (unpaired) electrons. The van der Waals surface area contributed by atoms with Crippen LogP contribution in [0.5, 0.6) is 0 Å². The summed E-state index contributed by atoms with van der Waals surface area (Å²) in [5, 5.41) is 0. The summed E-state index contributed by atoms with van der Waals surface area (Å²) in [5.74, 6) is -0.454. The van der Waals surface area contributed by atoms with E-state index >= 15 is 0 Å². The third-order valence-electron chi connectivity index (χ3n) is 4.14. The molecule has 3 rings (SSSR count). The summed E-state index contributed by atoms with van der Waals surface area (Å²) in [6, 6.07) is 11.6. The standard InChI is InChI=1S/C19H20N2O5S2/c1-13-4-7-15(8-5-13)28(23,24)20-19-21(10-11-25-2)16-9-6-14(18(22)26-3)12-17(16)27-19/h4-9,12H,10-11H2,1-3H3. The molecule has 0 spiro atoms. The number of aromatic nitrogens is 1. The number of methoxy groups -OCH3 is 2.